The van der Waals surface area contributed by atoms with Crippen LogP contribution in [0.25, 0.3) is 11.5 Å². The molecule has 1 amide bonds. The van der Waals surface area contributed by atoms with E-state index in [-0.39, 0.29) is 17.2 Å². The zero-order valence-corrected chi connectivity index (χ0v) is 13.4. The van der Waals surface area contributed by atoms with Gasteiger partial charge in [-0.1, -0.05) is 25.9 Å². The molecule has 1 fully saturated rings. The van der Waals surface area contributed by atoms with Gasteiger partial charge in [-0.25, -0.2) is 0 Å². The second kappa shape index (κ2) is 5.26. The van der Waals surface area contributed by atoms with Gasteiger partial charge >= 0.3 is 0 Å². The number of piperidine rings is 1. The number of rotatable bonds is 2. The summed E-state index contributed by atoms with van der Waals surface area (Å²) in [5.74, 6) is 2.99. The predicted octanol–water partition coefficient (Wildman–Crippen LogP) is 2.93. The third kappa shape index (κ3) is 2.77. The van der Waals surface area contributed by atoms with Crippen LogP contribution in [0.15, 0.2) is 15.0 Å². The van der Waals surface area contributed by atoms with Gasteiger partial charge < -0.3 is 14.3 Å². The van der Waals surface area contributed by atoms with Crippen LogP contribution < -0.4 is 5.32 Å². The molecule has 2 aromatic heterocycles. The van der Waals surface area contributed by atoms with E-state index in [4.69, 9.17) is 8.94 Å². The molecule has 0 saturated carbocycles. The Morgan fingerprint density at radius 1 is 1.36 bits per heavy atom. The van der Waals surface area contributed by atoms with Gasteiger partial charge in [-0.15, -0.1) is 0 Å². The maximum absolute atomic E-state index is 11.2. The number of hydrogen-bond acceptors (Lipinski definition) is 5. The van der Waals surface area contributed by atoms with E-state index < -0.39 is 0 Å². The van der Waals surface area contributed by atoms with Crippen molar-refractivity contribution in [2.75, 3.05) is 6.54 Å². The number of amides is 1. The van der Waals surface area contributed by atoms with Crippen molar-refractivity contribution in [1.29, 1.82) is 0 Å². The molecular formula is C16H21N3O3. The number of aromatic nitrogens is 2. The maximum Gasteiger partial charge on any atom is 0.261 e. The van der Waals surface area contributed by atoms with Crippen molar-refractivity contribution in [3.63, 3.8) is 0 Å². The highest BCUT2D eigenvalue weighted by molar-refractivity contribution is 5.76. The highest BCUT2D eigenvalue weighted by atomic mass is 16.5. The normalized spacial score (nSPS) is 19.3. The number of aryl methyl sites for hydroxylation is 1. The number of hydrogen-bond donors (Lipinski definition) is 1. The molecule has 1 atom stereocenters. The molecule has 6 heteroatoms. The van der Waals surface area contributed by atoms with Gasteiger partial charge in [0.25, 0.3) is 5.89 Å². The van der Waals surface area contributed by atoms with Crippen LogP contribution in [0.5, 0.6) is 0 Å². The van der Waals surface area contributed by atoms with Crippen LogP contribution in [0, 0.1) is 6.92 Å². The summed E-state index contributed by atoms with van der Waals surface area (Å²) in [5.41, 5.74) is 0.767. The summed E-state index contributed by atoms with van der Waals surface area (Å²) in [5, 5.41) is 6.91. The van der Waals surface area contributed by atoms with E-state index in [9.17, 15) is 4.79 Å². The average molecular weight is 303 g/mol. The van der Waals surface area contributed by atoms with Crippen LogP contribution in [0.4, 0.5) is 0 Å². The van der Waals surface area contributed by atoms with E-state index in [1.165, 1.54) is 0 Å². The van der Waals surface area contributed by atoms with E-state index in [0.717, 1.165) is 23.5 Å². The van der Waals surface area contributed by atoms with Crippen molar-refractivity contribution >= 4 is 5.91 Å². The molecule has 1 saturated heterocycles. The number of carbonyl (C=O) groups is 1. The molecular weight excluding hydrogens is 282 g/mol. The molecule has 22 heavy (non-hydrogen) atoms. The average Bonchev–Trinajstić information content (AvgIpc) is 3.05. The lowest BCUT2D eigenvalue weighted by Gasteiger charge is -2.18. The number of nitrogens with one attached hydrogen (secondary N) is 1. The van der Waals surface area contributed by atoms with E-state index in [1.54, 1.807) is 0 Å². The fourth-order valence-electron chi connectivity index (χ4n) is 2.53. The second-order valence-electron chi connectivity index (χ2n) is 6.83. The van der Waals surface area contributed by atoms with E-state index in [2.05, 4.69) is 36.2 Å². The molecule has 2 aromatic rings. The molecule has 1 aliphatic rings. The first-order valence-electron chi connectivity index (χ1n) is 7.56. The number of carbonyl (C=O) groups excluding carboxylic acids is 1. The molecule has 0 radical (unpaired) electrons. The molecule has 0 unspecified atom stereocenters. The molecule has 118 valence electrons. The van der Waals surface area contributed by atoms with Gasteiger partial charge in [0.15, 0.2) is 5.82 Å². The topological polar surface area (TPSA) is 81.2 Å². The quantitative estimate of drug-likeness (QED) is 0.922. The minimum atomic E-state index is -0.0699. The van der Waals surface area contributed by atoms with Crippen molar-refractivity contribution in [2.24, 2.45) is 0 Å². The summed E-state index contributed by atoms with van der Waals surface area (Å²) in [6.45, 7) is 8.75. The molecule has 0 spiro atoms. The van der Waals surface area contributed by atoms with Crippen molar-refractivity contribution in [1.82, 2.24) is 15.5 Å². The van der Waals surface area contributed by atoms with Crippen LogP contribution in [0.2, 0.25) is 0 Å². The van der Waals surface area contributed by atoms with Gasteiger partial charge in [-0.05, 0) is 19.4 Å². The first-order valence-corrected chi connectivity index (χ1v) is 7.56. The Hall–Kier alpha value is -2.11. The summed E-state index contributed by atoms with van der Waals surface area (Å²) < 4.78 is 11.2. The van der Waals surface area contributed by atoms with Crippen LogP contribution in [0.3, 0.4) is 0 Å². The Balaban J connectivity index is 1.85. The van der Waals surface area contributed by atoms with Gasteiger partial charge in [-0.3, -0.25) is 4.79 Å². The molecule has 6 nitrogen and oxygen atoms in total. The minimum absolute atomic E-state index is 0.0699. The molecule has 0 aliphatic carbocycles. The van der Waals surface area contributed by atoms with E-state index in [0.29, 0.717) is 24.7 Å². The third-order valence-electron chi connectivity index (χ3n) is 3.96. The fourth-order valence-corrected chi connectivity index (χ4v) is 2.53. The van der Waals surface area contributed by atoms with Crippen molar-refractivity contribution < 1.29 is 13.7 Å². The third-order valence-corrected chi connectivity index (χ3v) is 3.96. The summed E-state index contributed by atoms with van der Waals surface area (Å²) in [7, 11) is 0. The van der Waals surface area contributed by atoms with E-state index >= 15 is 0 Å². The lowest BCUT2D eigenvalue weighted by atomic mass is 9.93. The summed E-state index contributed by atoms with van der Waals surface area (Å²) >= 11 is 0. The summed E-state index contributed by atoms with van der Waals surface area (Å²) in [4.78, 5) is 15.7. The Bertz CT molecular complexity index is 684. The zero-order valence-electron chi connectivity index (χ0n) is 13.4. The number of furan rings is 1. The van der Waals surface area contributed by atoms with Crippen LogP contribution in [-0.4, -0.2) is 22.6 Å². The largest absolute Gasteiger partial charge is 0.465 e. The maximum atomic E-state index is 11.2. The Morgan fingerprint density at radius 3 is 2.73 bits per heavy atom. The minimum Gasteiger partial charge on any atom is -0.465 e. The van der Waals surface area contributed by atoms with E-state index in [1.807, 2.05) is 13.0 Å². The Kier molecular flexibility index (Phi) is 3.54. The molecule has 0 aromatic carbocycles. The van der Waals surface area contributed by atoms with Crippen molar-refractivity contribution in [3.8, 4) is 11.5 Å². The van der Waals surface area contributed by atoms with Gasteiger partial charge in [0.1, 0.15) is 11.5 Å². The summed E-state index contributed by atoms with van der Waals surface area (Å²) in [6.07, 6.45) is 1.26. The molecule has 3 rings (SSSR count). The molecule has 3 heterocycles. The first-order chi connectivity index (χ1) is 10.3. The molecule has 1 aliphatic heterocycles. The highest BCUT2D eigenvalue weighted by Crippen LogP contribution is 2.33. The summed E-state index contributed by atoms with van der Waals surface area (Å²) in [6, 6.07) is 1.97. The smallest absolute Gasteiger partial charge is 0.261 e. The zero-order chi connectivity index (χ0) is 15.9. The van der Waals surface area contributed by atoms with Crippen molar-refractivity contribution in [3.05, 3.63) is 23.4 Å². The SMILES string of the molecule is Cc1oc(C(C)(C)C)cc1-c1nc([C@H]2CCC(=O)NC2)no1. The van der Waals surface area contributed by atoms with Gasteiger partial charge in [0.2, 0.25) is 5.91 Å². The number of nitrogens with zero attached hydrogens (tertiary/aromatic N) is 2. The standard InChI is InChI=1S/C16H21N3O3/c1-9-11(7-12(21-9)16(2,3)4)15-18-14(19-22-15)10-5-6-13(20)17-8-10/h7,10H,5-6,8H2,1-4H3,(H,17,20)/t10-/m0/s1. The Labute approximate surface area is 129 Å². The van der Waals surface area contributed by atoms with Crippen molar-refractivity contribution in [2.45, 2.75) is 51.9 Å². The molecule has 1 N–H and O–H groups in total. The second-order valence-corrected chi connectivity index (χ2v) is 6.83. The lowest BCUT2D eigenvalue weighted by molar-refractivity contribution is -0.122. The van der Waals surface area contributed by atoms with Gasteiger partial charge in [0, 0.05) is 24.3 Å². The Morgan fingerprint density at radius 2 is 2.14 bits per heavy atom. The van der Waals surface area contributed by atoms with Gasteiger partial charge in [-0.2, -0.15) is 4.98 Å². The first kappa shape index (κ1) is 14.8. The van der Waals surface area contributed by atoms with Gasteiger partial charge in [0.05, 0.1) is 5.56 Å². The highest BCUT2D eigenvalue weighted by Gasteiger charge is 2.27. The monoisotopic (exact) mass is 303 g/mol. The molecule has 0 bridgehead atoms. The lowest BCUT2D eigenvalue weighted by Crippen LogP contribution is -2.34. The predicted molar refractivity (Wildman–Crippen MR) is 80.4 cm³/mol. The van der Waals surface area contributed by atoms with Crippen LogP contribution in [0.1, 0.15) is 56.9 Å². The van der Waals surface area contributed by atoms with Crippen LogP contribution in [-0.2, 0) is 10.2 Å². The fraction of sp³-hybridized carbons (Fsp3) is 0.562. The van der Waals surface area contributed by atoms with Crippen LogP contribution >= 0.6 is 0 Å².